The van der Waals surface area contributed by atoms with E-state index >= 15 is 0 Å². The van der Waals surface area contributed by atoms with Crippen molar-refractivity contribution in [2.45, 2.75) is 32.4 Å². The van der Waals surface area contributed by atoms with Crippen LogP contribution in [0.15, 0.2) is 5.38 Å². The van der Waals surface area contributed by atoms with Crippen molar-refractivity contribution in [3.05, 3.63) is 16.1 Å². The molecule has 86 valence electrons. The predicted octanol–water partition coefficient (Wildman–Crippen LogP) is 1.30. The lowest BCUT2D eigenvalue weighted by molar-refractivity contribution is 0.0925. The Morgan fingerprint density at radius 2 is 2.38 bits per heavy atom. The van der Waals surface area contributed by atoms with Gasteiger partial charge in [-0.05, 0) is 20.8 Å². The van der Waals surface area contributed by atoms with Gasteiger partial charge in [0.25, 0.3) is 5.91 Å². The number of thiazole rings is 1. The van der Waals surface area contributed by atoms with Gasteiger partial charge in [0, 0.05) is 5.38 Å². The fourth-order valence-corrected chi connectivity index (χ4v) is 1.74. The molecule has 0 saturated carbocycles. The number of hydrogen-bond donors (Lipinski definition) is 2. The Balaban J connectivity index is 2.79. The molecule has 16 heavy (non-hydrogen) atoms. The molecule has 0 fully saturated rings. The highest BCUT2D eigenvalue weighted by atomic mass is 32.1. The summed E-state index contributed by atoms with van der Waals surface area (Å²) < 4.78 is 0. The number of hydrogen-bond acceptors (Lipinski definition) is 4. The molecule has 1 unspecified atom stereocenters. The van der Waals surface area contributed by atoms with E-state index in [1.807, 2.05) is 6.92 Å². The first-order valence-corrected chi connectivity index (χ1v) is 5.75. The number of nitrogens with two attached hydrogens (primary N) is 1. The zero-order valence-electron chi connectivity index (χ0n) is 9.57. The molecule has 1 aromatic heterocycles. The van der Waals surface area contributed by atoms with Crippen LogP contribution < -0.4 is 11.1 Å². The summed E-state index contributed by atoms with van der Waals surface area (Å²) in [5, 5.41) is 5.12. The third-order valence-electron chi connectivity index (χ3n) is 1.93. The monoisotopic (exact) mass is 237 g/mol. The van der Waals surface area contributed by atoms with Crippen LogP contribution in [0.3, 0.4) is 0 Å². The average molecular weight is 237 g/mol. The van der Waals surface area contributed by atoms with Crippen molar-refractivity contribution in [3.8, 4) is 12.3 Å². The van der Waals surface area contributed by atoms with E-state index in [0.29, 0.717) is 5.69 Å². The lowest BCUT2D eigenvalue weighted by Gasteiger charge is -2.18. The van der Waals surface area contributed by atoms with Gasteiger partial charge in [-0.25, -0.2) is 4.98 Å². The molecule has 1 heterocycles. The second-order valence-corrected chi connectivity index (χ2v) is 4.97. The van der Waals surface area contributed by atoms with Crippen LogP contribution in [0, 0.1) is 12.3 Å². The van der Waals surface area contributed by atoms with Gasteiger partial charge in [0.05, 0.1) is 11.6 Å². The molecular weight excluding hydrogens is 222 g/mol. The van der Waals surface area contributed by atoms with Crippen LogP contribution in [0.4, 0.5) is 0 Å². The predicted molar refractivity (Wildman–Crippen MR) is 65.1 cm³/mol. The van der Waals surface area contributed by atoms with Crippen LogP contribution in [-0.4, -0.2) is 16.4 Å². The van der Waals surface area contributed by atoms with Gasteiger partial charge in [-0.1, -0.05) is 5.92 Å². The molecule has 0 aromatic carbocycles. The lowest BCUT2D eigenvalue weighted by Crippen LogP contribution is -2.42. The molecule has 0 spiro atoms. The van der Waals surface area contributed by atoms with E-state index in [1.54, 1.807) is 19.2 Å². The topological polar surface area (TPSA) is 68.0 Å². The molecule has 3 N–H and O–H groups in total. The first-order valence-electron chi connectivity index (χ1n) is 4.87. The number of nitrogens with one attached hydrogen (secondary N) is 1. The summed E-state index contributed by atoms with van der Waals surface area (Å²) in [6, 6.07) is -0.160. The molecular formula is C11H15N3OS. The molecule has 4 nitrogen and oxygen atoms in total. The van der Waals surface area contributed by atoms with Crippen molar-refractivity contribution >= 4 is 17.2 Å². The molecule has 1 atom stereocenters. The van der Waals surface area contributed by atoms with Gasteiger partial charge in [-0.15, -0.1) is 17.8 Å². The smallest absolute Gasteiger partial charge is 0.271 e. The minimum Gasteiger partial charge on any atom is -0.335 e. The first-order chi connectivity index (χ1) is 7.35. The molecule has 0 bridgehead atoms. The first kappa shape index (κ1) is 12.7. The van der Waals surface area contributed by atoms with E-state index in [9.17, 15) is 4.79 Å². The second-order valence-electron chi connectivity index (χ2n) is 4.08. The SMILES string of the molecule is C#CC(C)(C)NC(=O)c1csc(C(C)N)n1. The Bertz CT molecular complexity index is 429. The number of aromatic nitrogens is 1. The Hall–Kier alpha value is -1.38. The fraction of sp³-hybridized carbons (Fsp3) is 0.455. The third-order valence-corrected chi connectivity index (χ3v) is 2.98. The van der Waals surface area contributed by atoms with E-state index in [1.165, 1.54) is 11.3 Å². The summed E-state index contributed by atoms with van der Waals surface area (Å²) >= 11 is 1.37. The van der Waals surface area contributed by atoms with Crippen LogP contribution in [0.2, 0.25) is 0 Å². The number of amides is 1. The second kappa shape index (κ2) is 4.64. The number of carbonyl (C=O) groups excluding carboxylic acids is 1. The van der Waals surface area contributed by atoms with Gasteiger partial charge in [0.2, 0.25) is 0 Å². The molecule has 1 rings (SSSR count). The zero-order valence-corrected chi connectivity index (χ0v) is 10.4. The summed E-state index contributed by atoms with van der Waals surface area (Å²) in [7, 11) is 0. The number of rotatable bonds is 3. The van der Waals surface area contributed by atoms with Gasteiger partial charge in [0.1, 0.15) is 10.7 Å². The van der Waals surface area contributed by atoms with Crippen molar-refractivity contribution in [1.82, 2.24) is 10.3 Å². The van der Waals surface area contributed by atoms with Crippen molar-refractivity contribution in [2.24, 2.45) is 5.73 Å². The van der Waals surface area contributed by atoms with Crippen LogP contribution in [-0.2, 0) is 0 Å². The van der Waals surface area contributed by atoms with Crippen molar-refractivity contribution in [1.29, 1.82) is 0 Å². The molecule has 1 aromatic rings. The number of terminal acetylenes is 1. The maximum absolute atomic E-state index is 11.8. The van der Waals surface area contributed by atoms with Crippen LogP contribution in [0.1, 0.15) is 42.3 Å². The van der Waals surface area contributed by atoms with Crippen molar-refractivity contribution in [2.75, 3.05) is 0 Å². The maximum Gasteiger partial charge on any atom is 0.271 e. The minimum absolute atomic E-state index is 0.160. The highest BCUT2D eigenvalue weighted by Gasteiger charge is 2.20. The Morgan fingerprint density at radius 1 is 1.75 bits per heavy atom. The Morgan fingerprint density at radius 3 is 2.81 bits per heavy atom. The van der Waals surface area contributed by atoms with Gasteiger partial charge in [-0.3, -0.25) is 4.79 Å². The largest absolute Gasteiger partial charge is 0.335 e. The Labute approximate surface area is 99.3 Å². The highest BCUT2D eigenvalue weighted by molar-refractivity contribution is 7.09. The van der Waals surface area contributed by atoms with Crippen LogP contribution >= 0.6 is 11.3 Å². The lowest BCUT2D eigenvalue weighted by atomic mass is 10.1. The van der Waals surface area contributed by atoms with E-state index in [4.69, 9.17) is 12.2 Å². The minimum atomic E-state index is -0.671. The third kappa shape index (κ3) is 3.05. The number of nitrogens with zero attached hydrogens (tertiary/aromatic N) is 1. The molecule has 1 amide bonds. The van der Waals surface area contributed by atoms with E-state index in [0.717, 1.165) is 5.01 Å². The number of carbonyl (C=O) groups is 1. The molecule has 0 aliphatic rings. The molecule has 5 heteroatoms. The maximum atomic E-state index is 11.8. The van der Waals surface area contributed by atoms with Crippen molar-refractivity contribution < 1.29 is 4.79 Å². The van der Waals surface area contributed by atoms with E-state index < -0.39 is 5.54 Å². The standard InChI is InChI=1S/C11H15N3OS/c1-5-11(3,4)14-9(15)8-6-16-10(13-8)7(2)12/h1,6-7H,12H2,2-4H3,(H,14,15). The summed E-state index contributed by atoms with van der Waals surface area (Å²) in [4.78, 5) is 15.9. The summed E-state index contributed by atoms with van der Waals surface area (Å²) in [5.41, 5.74) is 5.35. The summed E-state index contributed by atoms with van der Waals surface area (Å²) in [5.74, 6) is 2.22. The van der Waals surface area contributed by atoms with Gasteiger partial charge >= 0.3 is 0 Å². The normalized spacial score (nSPS) is 12.9. The van der Waals surface area contributed by atoms with Crippen LogP contribution in [0.25, 0.3) is 0 Å². The average Bonchev–Trinajstić information content (AvgIpc) is 2.66. The van der Waals surface area contributed by atoms with Gasteiger partial charge in [0.15, 0.2) is 0 Å². The molecule has 0 aliphatic heterocycles. The quantitative estimate of drug-likeness (QED) is 0.779. The fourth-order valence-electron chi connectivity index (χ4n) is 0.985. The van der Waals surface area contributed by atoms with Gasteiger partial charge in [-0.2, -0.15) is 0 Å². The zero-order chi connectivity index (χ0) is 12.3. The summed E-state index contributed by atoms with van der Waals surface area (Å²) in [6.45, 7) is 5.33. The Kier molecular flexibility index (Phi) is 3.68. The van der Waals surface area contributed by atoms with Gasteiger partial charge < -0.3 is 11.1 Å². The van der Waals surface area contributed by atoms with Crippen LogP contribution in [0.5, 0.6) is 0 Å². The molecule has 0 aliphatic carbocycles. The van der Waals surface area contributed by atoms with E-state index in [2.05, 4.69) is 16.2 Å². The molecule has 0 radical (unpaired) electrons. The summed E-state index contributed by atoms with van der Waals surface area (Å²) in [6.07, 6.45) is 5.28. The van der Waals surface area contributed by atoms with E-state index in [-0.39, 0.29) is 11.9 Å². The molecule has 0 saturated heterocycles. The highest BCUT2D eigenvalue weighted by Crippen LogP contribution is 2.16. The van der Waals surface area contributed by atoms with Crippen molar-refractivity contribution in [3.63, 3.8) is 0 Å².